The van der Waals surface area contributed by atoms with Gasteiger partial charge in [0.1, 0.15) is 11.5 Å². The van der Waals surface area contributed by atoms with E-state index in [1.54, 1.807) is 0 Å². The normalized spacial score (nSPS) is 15.3. The van der Waals surface area contributed by atoms with Gasteiger partial charge >= 0.3 is 6.36 Å². The molecule has 1 unspecified atom stereocenters. The van der Waals surface area contributed by atoms with Gasteiger partial charge in [-0.25, -0.2) is 9.37 Å². The zero-order valence-electron chi connectivity index (χ0n) is 17.2. The standard InChI is InChI=1S/C21H21F4N3O4/c1-20(2,31)17(12-7-8-15(13(22)9-12)32-21(23,24)25)28-19(30)14-10-16(29)27-18(26-14)11-5-3-4-6-11/h5,7-10,17,31H,3-4,6H2,1-2H3,(H,28,30)(H,26,27,29). The summed E-state index contributed by atoms with van der Waals surface area (Å²) in [5, 5.41) is 13.0. The van der Waals surface area contributed by atoms with Gasteiger partial charge in [0.2, 0.25) is 0 Å². The molecule has 0 aliphatic heterocycles. The second-order valence-corrected chi connectivity index (χ2v) is 7.90. The number of halogens is 4. The molecule has 0 saturated carbocycles. The van der Waals surface area contributed by atoms with Gasteiger partial charge in [0.25, 0.3) is 11.5 Å². The fraction of sp³-hybridized carbons (Fsp3) is 0.381. The van der Waals surface area contributed by atoms with Gasteiger partial charge in [-0.3, -0.25) is 9.59 Å². The third kappa shape index (κ3) is 5.72. The van der Waals surface area contributed by atoms with E-state index >= 15 is 0 Å². The summed E-state index contributed by atoms with van der Waals surface area (Å²) in [5.41, 5.74) is -1.62. The number of carbonyl (C=O) groups is 1. The molecule has 0 fully saturated rings. The molecule has 1 aromatic heterocycles. The number of amides is 1. The first-order chi connectivity index (χ1) is 14.8. The van der Waals surface area contributed by atoms with E-state index in [0.717, 1.165) is 42.7 Å². The Morgan fingerprint density at radius 1 is 1.28 bits per heavy atom. The first-order valence-corrected chi connectivity index (χ1v) is 9.73. The van der Waals surface area contributed by atoms with Gasteiger partial charge in [-0.2, -0.15) is 0 Å². The van der Waals surface area contributed by atoms with Crippen LogP contribution in [0, 0.1) is 5.82 Å². The highest BCUT2D eigenvalue weighted by Crippen LogP contribution is 2.31. The summed E-state index contributed by atoms with van der Waals surface area (Å²) in [4.78, 5) is 31.6. The van der Waals surface area contributed by atoms with Crippen LogP contribution in [0.25, 0.3) is 5.57 Å². The maximum atomic E-state index is 14.2. The molecular formula is C21H21F4N3O4. The lowest BCUT2D eigenvalue weighted by Gasteiger charge is -2.30. The Balaban J connectivity index is 1.89. The molecule has 1 atom stereocenters. The predicted octanol–water partition coefficient (Wildman–Crippen LogP) is 3.62. The van der Waals surface area contributed by atoms with Gasteiger partial charge in [-0.1, -0.05) is 12.1 Å². The van der Waals surface area contributed by atoms with Crippen molar-refractivity contribution in [1.29, 1.82) is 0 Å². The van der Waals surface area contributed by atoms with Gasteiger partial charge in [-0.05, 0) is 56.4 Å². The quantitative estimate of drug-likeness (QED) is 0.578. The van der Waals surface area contributed by atoms with E-state index in [0.29, 0.717) is 6.42 Å². The highest BCUT2D eigenvalue weighted by molar-refractivity contribution is 5.92. The van der Waals surface area contributed by atoms with Crippen molar-refractivity contribution in [2.75, 3.05) is 0 Å². The largest absolute Gasteiger partial charge is 0.573 e. The number of allylic oxidation sites excluding steroid dienone is 2. The molecule has 11 heteroatoms. The fourth-order valence-electron chi connectivity index (χ4n) is 3.39. The molecule has 1 aliphatic rings. The van der Waals surface area contributed by atoms with Gasteiger partial charge in [0.15, 0.2) is 11.6 Å². The van der Waals surface area contributed by atoms with Crippen LogP contribution in [-0.2, 0) is 0 Å². The van der Waals surface area contributed by atoms with Crippen LogP contribution >= 0.6 is 0 Å². The maximum Gasteiger partial charge on any atom is 0.573 e. The summed E-state index contributed by atoms with van der Waals surface area (Å²) in [6.07, 6.45) is -0.741. The zero-order chi connectivity index (χ0) is 23.7. The zero-order valence-corrected chi connectivity index (χ0v) is 17.2. The van der Waals surface area contributed by atoms with Crippen molar-refractivity contribution < 1.29 is 32.2 Å². The molecule has 3 N–H and O–H groups in total. The number of alkyl halides is 3. The molecule has 32 heavy (non-hydrogen) atoms. The first kappa shape index (κ1) is 23.5. The first-order valence-electron chi connectivity index (χ1n) is 9.73. The summed E-state index contributed by atoms with van der Waals surface area (Å²) in [6, 6.07) is 2.31. The Bertz CT molecular complexity index is 1100. The van der Waals surface area contributed by atoms with Crippen LogP contribution in [0.2, 0.25) is 0 Å². The molecular weight excluding hydrogens is 434 g/mol. The molecule has 3 rings (SSSR count). The van der Waals surface area contributed by atoms with Crippen molar-refractivity contribution in [2.45, 2.75) is 51.1 Å². The predicted molar refractivity (Wildman–Crippen MR) is 106 cm³/mol. The average molecular weight is 455 g/mol. The number of aromatic nitrogens is 2. The molecule has 172 valence electrons. The molecule has 1 aliphatic carbocycles. The van der Waals surface area contributed by atoms with Crippen LogP contribution < -0.4 is 15.6 Å². The van der Waals surface area contributed by atoms with E-state index in [-0.39, 0.29) is 17.1 Å². The van der Waals surface area contributed by atoms with Gasteiger partial charge in [-0.15, -0.1) is 13.2 Å². The fourth-order valence-corrected chi connectivity index (χ4v) is 3.39. The number of rotatable bonds is 6. The van der Waals surface area contributed by atoms with Crippen molar-refractivity contribution in [3.05, 3.63) is 63.6 Å². The van der Waals surface area contributed by atoms with Crippen LogP contribution in [0.15, 0.2) is 35.1 Å². The number of hydrogen-bond donors (Lipinski definition) is 3. The molecule has 0 saturated heterocycles. The maximum absolute atomic E-state index is 14.2. The summed E-state index contributed by atoms with van der Waals surface area (Å²) in [5.74, 6) is -2.93. The number of nitrogens with zero attached hydrogens (tertiary/aromatic N) is 1. The van der Waals surface area contributed by atoms with E-state index in [2.05, 4.69) is 20.0 Å². The Morgan fingerprint density at radius 3 is 2.56 bits per heavy atom. The van der Waals surface area contributed by atoms with Gasteiger partial charge < -0.3 is 20.1 Å². The van der Waals surface area contributed by atoms with Crippen molar-refractivity contribution in [1.82, 2.24) is 15.3 Å². The van der Waals surface area contributed by atoms with E-state index in [4.69, 9.17) is 0 Å². The van der Waals surface area contributed by atoms with Crippen LogP contribution in [0.1, 0.15) is 61.0 Å². The Labute approximate surface area is 180 Å². The lowest BCUT2D eigenvalue weighted by Crippen LogP contribution is -2.42. The number of hydrogen-bond acceptors (Lipinski definition) is 5. The number of H-pyrrole nitrogens is 1. The van der Waals surface area contributed by atoms with Gasteiger partial charge in [0, 0.05) is 6.07 Å². The van der Waals surface area contributed by atoms with Crippen LogP contribution in [0.5, 0.6) is 5.75 Å². The Kier molecular flexibility index (Phi) is 6.40. The highest BCUT2D eigenvalue weighted by Gasteiger charge is 2.34. The van der Waals surface area contributed by atoms with Crippen molar-refractivity contribution >= 4 is 11.5 Å². The monoisotopic (exact) mass is 455 g/mol. The van der Waals surface area contributed by atoms with E-state index in [9.17, 15) is 32.3 Å². The van der Waals surface area contributed by atoms with E-state index in [1.165, 1.54) is 13.8 Å². The van der Waals surface area contributed by atoms with Crippen LogP contribution in [-0.4, -0.2) is 32.9 Å². The van der Waals surface area contributed by atoms with Crippen molar-refractivity contribution in [3.8, 4) is 5.75 Å². The SMILES string of the molecule is CC(C)(O)C(NC(=O)c1cc(=O)[nH]c(C2=CCCC2)n1)c1ccc(OC(F)(F)F)c(F)c1. The van der Waals surface area contributed by atoms with Crippen molar-refractivity contribution in [3.63, 3.8) is 0 Å². The number of aliphatic hydroxyl groups is 1. The molecule has 1 amide bonds. The molecule has 0 bridgehead atoms. The smallest absolute Gasteiger partial charge is 0.403 e. The second kappa shape index (κ2) is 8.73. The lowest BCUT2D eigenvalue weighted by molar-refractivity contribution is -0.275. The van der Waals surface area contributed by atoms with E-state index < -0.39 is 41.0 Å². The Morgan fingerprint density at radius 2 is 2.00 bits per heavy atom. The molecule has 0 radical (unpaired) electrons. The number of aromatic amines is 1. The lowest BCUT2D eigenvalue weighted by atomic mass is 9.91. The molecule has 0 spiro atoms. The number of ether oxygens (including phenoxy) is 1. The summed E-state index contributed by atoms with van der Waals surface area (Å²) in [6.45, 7) is 2.66. The summed E-state index contributed by atoms with van der Waals surface area (Å²) in [7, 11) is 0. The average Bonchev–Trinajstić information content (AvgIpc) is 3.20. The van der Waals surface area contributed by atoms with Crippen LogP contribution in [0.3, 0.4) is 0 Å². The summed E-state index contributed by atoms with van der Waals surface area (Å²) >= 11 is 0. The minimum atomic E-state index is -5.08. The number of carbonyl (C=O) groups excluding carboxylic acids is 1. The molecule has 7 nitrogen and oxygen atoms in total. The third-order valence-electron chi connectivity index (χ3n) is 4.82. The number of nitrogens with one attached hydrogen (secondary N) is 2. The minimum Gasteiger partial charge on any atom is -0.403 e. The third-order valence-corrected chi connectivity index (χ3v) is 4.82. The molecule has 1 aromatic carbocycles. The Hall–Kier alpha value is -3.21. The van der Waals surface area contributed by atoms with Crippen LogP contribution in [0.4, 0.5) is 17.6 Å². The molecule has 1 heterocycles. The summed E-state index contributed by atoms with van der Waals surface area (Å²) < 4.78 is 54.9. The molecule has 2 aromatic rings. The number of benzene rings is 1. The van der Waals surface area contributed by atoms with Crippen molar-refractivity contribution in [2.24, 2.45) is 0 Å². The second-order valence-electron chi connectivity index (χ2n) is 7.90. The highest BCUT2D eigenvalue weighted by atomic mass is 19.4. The minimum absolute atomic E-state index is 0.0126. The van der Waals surface area contributed by atoms with E-state index in [1.807, 2.05) is 6.08 Å². The van der Waals surface area contributed by atoms with Gasteiger partial charge in [0.05, 0.1) is 11.6 Å². The topological polar surface area (TPSA) is 104 Å².